The molecule has 1 fully saturated rings. The average molecular weight is 567 g/mol. The normalized spacial score (nSPS) is 18.0. The van der Waals surface area contributed by atoms with Crippen molar-refractivity contribution >= 4 is 0 Å². The first-order chi connectivity index (χ1) is 20.6. The lowest BCUT2D eigenvalue weighted by molar-refractivity contribution is 0.643. The van der Waals surface area contributed by atoms with Gasteiger partial charge >= 0.3 is 0 Å². The van der Waals surface area contributed by atoms with Crippen LogP contribution in [0.4, 0.5) is 0 Å². The lowest BCUT2D eigenvalue weighted by atomic mass is 9.82. The van der Waals surface area contributed by atoms with Crippen LogP contribution in [0.15, 0.2) is 91.3 Å². The van der Waals surface area contributed by atoms with E-state index in [0.29, 0.717) is 17.8 Å². The summed E-state index contributed by atoms with van der Waals surface area (Å²) in [5, 5.41) is 0. The molecule has 1 unspecified atom stereocenters. The van der Waals surface area contributed by atoms with Gasteiger partial charge in [0.2, 0.25) is 0 Å². The van der Waals surface area contributed by atoms with Gasteiger partial charge < -0.3 is 0 Å². The van der Waals surface area contributed by atoms with Crippen molar-refractivity contribution in [3.05, 3.63) is 119 Å². The van der Waals surface area contributed by atoms with Crippen LogP contribution >= 0.6 is 0 Å². The van der Waals surface area contributed by atoms with Gasteiger partial charge in [0.1, 0.15) is 5.82 Å². The predicted molar refractivity (Wildman–Crippen MR) is 183 cm³/mol. The Hall–Kier alpha value is -3.91. The average Bonchev–Trinajstić information content (AvgIpc) is 3.43. The molecule has 0 radical (unpaired) electrons. The summed E-state index contributed by atoms with van der Waals surface area (Å²) in [7, 11) is 0. The molecule has 220 valence electrons. The smallest absolute Gasteiger partial charge is 0.144 e. The van der Waals surface area contributed by atoms with Crippen LogP contribution in [0.2, 0.25) is 0 Å². The third-order valence-electron chi connectivity index (χ3n) is 10.00. The van der Waals surface area contributed by atoms with E-state index in [1.807, 2.05) is 6.20 Å². The largest absolute Gasteiger partial charge is 0.300 e. The molecular formula is C41H46N2. The molecule has 1 heterocycles. The first-order valence-corrected chi connectivity index (χ1v) is 16.1. The number of rotatable bonds is 8. The van der Waals surface area contributed by atoms with E-state index in [0.717, 1.165) is 11.5 Å². The highest BCUT2D eigenvalue weighted by atomic mass is 15.1. The number of nitrogens with zero attached hydrogens (tertiary/aromatic N) is 2. The summed E-state index contributed by atoms with van der Waals surface area (Å²) in [6.45, 7) is 18.4. The molecule has 5 aromatic rings. The highest BCUT2D eigenvalue weighted by molar-refractivity contribution is 5.79. The van der Waals surface area contributed by atoms with Gasteiger partial charge in [-0.3, -0.25) is 4.57 Å². The van der Waals surface area contributed by atoms with Crippen molar-refractivity contribution in [1.29, 1.82) is 0 Å². The van der Waals surface area contributed by atoms with Gasteiger partial charge in [-0.25, -0.2) is 4.98 Å². The Morgan fingerprint density at radius 1 is 0.791 bits per heavy atom. The summed E-state index contributed by atoms with van der Waals surface area (Å²) in [5.41, 5.74) is 14.7. The second-order valence-electron chi connectivity index (χ2n) is 13.5. The van der Waals surface area contributed by atoms with E-state index in [2.05, 4.69) is 145 Å². The highest BCUT2D eigenvalue weighted by Crippen LogP contribution is 2.58. The maximum absolute atomic E-state index is 5.04. The van der Waals surface area contributed by atoms with Crippen LogP contribution < -0.4 is 0 Å². The van der Waals surface area contributed by atoms with E-state index in [1.165, 1.54) is 68.5 Å². The molecule has 2 heteroatoms. The van der Waals surface area contributed by atoms with Crippen LogP contribution in [0.25, 0.3) is 39.3 Å². The van der Waals surface area contributed by atoms with Crippen molar-refractivity contribution in [2.24, 2.45) is 5.92 Å². The Kier molecular flexibility index (Phi) is 7.67. The lowest BCUT2D eigenvalue weighted by Gasteiger charge is -2.23. The van der Waals surface area contributed by atoms with Gasteiger partial charge in [-0.1, -0.05) is 109 Å². The molecule has 0 spiro atoms. The Labute approximate surface area is 258 Å². The van der Waals surface area contributed by atoms with Crippen molar-refractivity contribution in [2.45, 2.75) is 85.5 Å². The fourth-order valence-corrected chi connectivity index (χ4v) is 7.41. The van der Waals surface area contributed by atoms with Gasteiger partial charge in [-0.05, 0) is 112 Å². The van der Waals surface area contributed by atoms with Gasteiger partial charge in [0, 0.05) is 23.6 Å². The maximum atomic E-state index is 5.04. The minimum absolute atomic E-state index is 0.185. The third-order valence-corrected chi connectivity index (χ3v) is 10.00. The SMILES string of the molecule is CC[C@H]1CC1(C)c1ccc(-c2c(C(C)C)cccc2C(C)C)cc1-c1nccn1-c1ccc(-c2c(C)cccc2C)cc1. The minimum Gasteiger partial charge on any atom is -0.300 e. The van der Waals surface area contributed by atoms with Gasteiger partial charge in [-0.2, -0.15) is 0 Å². The molecule has 1 aliphatic carbocycles. The number of hydrogen-bond donors (Lipinski definition) is 0. The van der Waals surface area contributed by atoms with Crippen LogP contribution in [0.1, 0.15) is 94.0 Å². The van der Waals surface area contributed by atoms with E-state index in [-0.39, 0.29) is 5.41 Å². The second kappa shape index (κ2) is 11.3. The van der Waals surface area contributed by atoms with Gasteiger partial charge in [-0.15, -0.1) is 0 Å². The summed E-state index contributed by atoms with van der Waals surface area (Å²) in [6, 6.07) is 29.6. The Morgan fingerprint density at radius 3 is 1.98 bits per heavy atom. The topological polar surface area (TPSA) is 17.8 Å². The zero-order valence-corrected chi connectivity index (χ0v) is 27.2. The molecule has 2 nitrogen and oxygen atoms in total. The summed E-state index contributed by atoms with van der Waals surface area (Å²) >= 11 is 0. The first-order valence-electron chi connectivity index (χ1n) is 16.1. The summed E-state index contributed by atoms with van der Waals surface area (Å²) in [6.07, 6.45) is 6.52. The zero-order valence-electron chi connectivity index (χ0n) is 27.2. The third kappa shape index (κ3) is 5.16. The van der Waals surface area contributed by atoms with E-state index in [9.17, 15) is 0 Å². The lowest BCUT2D eigenvalue weighted by Crippen LogP contribution is -2.09. The molecule has 0 bridgehead atoms. The number of hydrogen-bond acceptors (Lipinski definition) is 1. The number of aryl methyl sites for hydroxylation is 2. The Bertz CT molecular complexity index is 1720. The Balaban J connectivity index is 1.51. The molecule has 6 rings (SSSR count). The van der Waals surface area contributed by atoms with E-state index >= 15 is 0 Å². The zero-order chi connectivity index (χ0) is 30.5. The van der Waals surface area contributed by atoms with Crippen molar-refractivity contribution in [1.82, 2.24) is 9.55 Å². The van der Waals surface area contributed by atoms with E-state index in [4.69, 9.17) is 4.98 Å². The van der Waals surface area contributed by atoms with Crippen molar-refractivity contribution in [2.75, 3.05) is 0 Å². The fourth-order valence-electron chi connectivity index (χ4n) is 7.41. The van der Waals surface area contributed by atoms with Crippen molar-refractivity contribution < 1.29 is 0 Å². The second-order valence-corrected chi connectivity index (χ2v) is 13.5. The monoisotopic (exact) mass is 566 g/mol. The summed E-state index contributed by atoms with van der Waals surface area (Å²) in [5.74, 6) is 2.62. The number of imidazole rings is 1. The van der Waals surface area contributed by atoms with Crippen molar-refractivity contribution in [3.63, 3.8) is 0 Å². The molecule has 4 aromatic carbocycles. The van der Waals surface area contributed by atoms with Crippen LogP contribution in [0.3, 0.4) is 0 Å². The van der Waals surface area contributed by atoms with Gasteiger partial charge in [0.15, 0.2) is 0 Å². The van der Waals surface area contributed by atoms with Gasteiger partial charge in [0.25, 0.3) is 0 Å². The number of aromatic nitrogens is 2. The molecule has 1 aliphatic rings. The minimum atomic E-state index is 0.185. The maximum Gasteiger partial charge on any atom is 0.144 e. The first kappa shape index (κ1) is 29.2. The standard InChI is InChI=1S/C41H46N2/c1-9-32-25-41(32,8)37-21-18-31(39-34(26(2)3)14-11-15-35(39)27(4)5)24-36(37)40-42-22-23-43(40)33-19-16-30(17-20-33)38-28(6)12-10-13-29(38)7/h10-24,26-27,32H,9,25H2,1-8H3/t32-,41?/m0/s1. The molecule has 0 amide bonds. The van der Waals surface area contributed by atoms with E-state index in [1.54, 1.807) is 0 Å². The fraction of sp³-hybridized carbons (Fsp3) is 0.341. The quantitative estimate of drug-likeness (QED) is 0.183. The van der Waals surface area contributed by atoms with Crippen LogP contribution in [-0.4, -0.2) is 9.55 Å². The van der Waals surface area contributed by atoms with Crippen molar-refractivity contribution in [3.8, 4) is 39.3 Å². The summed E-state index contributed by atoms with van der Waals surface area (Å²) in [4.78, 5) is 5.04. The van der Waals surface area contributed by atoms with Crippen LogP contribution in [0.5, 0.6) is 0 Å². The molecule has 1 saturated carbocycles. The molecule has 43 heavy (non-hydrogen) atoms. The number of benzene rings is 4. The Morgan fingerprint density at radius 2 is 1.40 bits per heavy atom. The van der Waals surface area contributed by atoms with E-state index < -0.39 is 0 Å². The molecular weight excluding hydrogens is 520 g/mol. The highest BCUT2D eigenvalue weighted by Gasteiger charge is 2.51. The molecule has 2 atom stereocenters. The molecule has 0 N–H and O–H groups in total. The molecule has 0 aliphatic heterocycles. The molecule has 1 aromatic heterocycles. The molecule has 0 saturated heterocycles. The predicted octanol–water partition coefficient (Wildman–Crippen LogP) is 11.4. The summed E-state index contributed by atoms with van der Waals surface area (Å²) < 4.78 is 2.28. The van der Waals surface area contributed by atoms with Crippen LogP contribution in [0, 0.1) is 19.8 Å². The van der Waals surface area contributed by atoms with Crippen LogP contribution in [-0.2, 0) is 5.41 Å². The van der Waals surface area contributed by atoms with Gasteiger partial charge in [0.05, 0.1) is 0 Å².